The van der Waals surface area contributed by atoms with E-state index in [1.807, 2.05) is 13.1 Å². The second kappa shape index (κ2) is 8.24. The topological polar surface area (TPSA) is 49.3 Å². The molecule has 118 valence electrons. The minimum absolute atomic E-state index is 0.243. The van der Waals surface area contributed by atoms with Crippen molar-refractivity contribution in [2.45, 2.75) is 19.9 Å². The van der Waals surface area contributed by atoms with Crippen LogP contribution in [0.4, 0.5) is 4.39 Å². The predicted octanol–water partition coefficient (Wildman–Crippen LogP) is 3.26. The summed E-state index contributed by atoms with van der Waals surface area (Å²) in [6, 6.07) is 5.05. The van der Waals surface area contributed by atoms with Gasteiger partial charge in [-0.1, -0.05) is 6.07 Å². The summed E-state index contributed by atoms with van der Waals surface area (Å²) >= 11 is 4.86. The van der Waals surface area contributed by atoms with Crippen LogP contribution in [0.2, 0.25) is 0 Å². The number of nitrogens with zero attached hydrogens (tertiary/aromatic N) is 2. The molecule has 0 aliphatic rings. The first-order valence-corrected chi connectivity index (χ1v) is 8.49. The fourth-order valence-corrected chi connectivity index (χ4v) is 3.04. The summed E-state index contributed by atoms with van der Waals surface area (Å²) in [6.07, 6.45) is 2.65. The highest BCUT2D eigenvalue weighted by Crippen LogP contribution is 2.16. The van der Waals surface area contributed by atoms with Gasteiger partial charge in [0.25, 0.3) is 0 Å². The minimum Gasteiger partial charge on any atom is -0.356 e. The second-order valence-corrected chi connectivity index (χ2v) is 6.89. The summed E-state index contributed by atoms with van der Waals surface area (Å²) in [4.78, 5) is 9.67. The summed E-state index contributed by atoms with van der Waals surface area (Å²) in [5, 5.41) is 7.49. The van der Waals surface area contributed by atoms with Gasteiger partial charge in [0.15, 0.2) is 5.96 Å². The summed E-state index contributed by atoms with van der Waals surface area (Å²) in [6.45, 7) is 3.41. The van der Waals surface area contributed by atoms with Crippen LogP contribution in [0.3, 0.4) is 0 Å². The quantitative estimate of drug-likeness (QED) is 0.614. The Labute approximate surface area is 142 Å². The summed E-state index contributed by atoms with van der Waals surface area (Å²) in [7, 11) is 1.73. The van der Waals surface area contributed by atoms with Gasteiger partial charge < -0.3 is 10.6 Å². The lowest BCUT2D eigenvalue weighted by atomic mass is 10.1. The minimum atomic E-state index is -0.243. The van der Waals surface area contributed by atoms with Gasteiger partial charge in [0, 0.05) is 24.7 Å². The van der Waals surface area contributed by atoms with Crippen molar-refractivity contribution in [1.82, 2.24) is 15.6 Å². The van der Waals surface area contributed by atoms with Gasteiger partial charge in [-0.25, -0.2) is 9.37 Å². The fraction of sp³-hybridized carbons (Fsp3) is 0.333. The number of benzene rings is 1. The monoisotopic (exact) mass is 384 g/mol. The molecule has 1 aromatic heterocycles. The number of guanidine groups is 1. The third-order valence-electron chi connectivity index (χ3n) is 2.99. The lowest BCUT2D eigenvalue weighted by Crippen LogP contribution is -2.37. The van der Waals surface area contributed by atoms with Gasteiger partial charge in [0.1, 0.15) is 10.8 Å². The maximum absolute atomic E-state index is 13.2. The molecule has 2 aromatic rings. The second-order valence-electron chi connectivity index (χ2n) is 4.72. The molecule has 0 aliphatic carbocycles. The van der Waals surface area contributed by atoms with E-state index in [0.717, 1.165) is 23.0 Å². The third-order valence-corrected chi connectivity index (χ3v) is 4.51. The zero-order valence-electron chi connectivity index (χ0n) is 12.5. The molecule has 0 bridgehead atoms. The van der Waals surface area contributed by atoms with Crippen LogP contribution in [0.5, 0.6) is 0 Å². The smallest absolute Gasteiger partial charge is 0.191 e. The van der Waals surface area contributed by atoms with Crippen LogP contribution in [-0.2, 0) is 13.0 Å². The maximum atomic E-state index is 13.2. The number of aromatic nitrogens is 1. The molecule has 1 aromatic carbocycles. The molecule has 0 aliphatic heterocycles. The van der Waals surface area contributed by atoms with Crippen LogP contribution in [0.1, 0.15) is 15.4 Å². The van der Waals surface area contributed by atoms with Gasteiger partial charge in [0.2, 0.25) is 0 Å². The molecule has 7 heteroatoms. The van der Waals surface area contributed by atoms with Gasteiger partial charge >= 0.3 is 0 Å². The molecule has 2 N–H and O–H groups in total. The Hall–Kier alpha value is -1.47. The first-order valence-electron chi connectivity index (χ1n) is 6.88. The molecule has 0 radical (unpaired) electrons. The van der Waals surface area contributed by atoms with Crippen molar-refractivity contribution in [2.24, 2.45) is 4.99 Å². The van der Waals surface area contributed by atoms with E-state index in [4.69, 9.17) is 0 Å². The molecular weight excluding hydrogens is 367 g/mol. The van der Waals surface area contributed by atoms with Crippen molar-refractivity contribution >= 4 is 33.2 Å². The zero-order chi connectivity index (χ0) is 15.9. The molecule has 2 rings (SSSR count). The lowest BCUT2D eigenvalue weighted by molar-refractivity contribution is 0.620. The molecule has 22 heavy (non-hydrogen) atoms. The van der Waals surface area contributed by atoms with Gasteiger partial charge in [-0.3, -0.25) is 4.99 Å². The van der Waals surface area contributed by atoms with E-state index in [-0.39, 0.29) is 5.82 Å². The van der Waals surface area contributed by atoms with Crippen LogP contribution in [0.25, 0.3) is 0 Å². The highest BCUT2D eigenvalue weighted by atomic mass is 79.9. The Kier molecular flexibility index (Phi) is 6.33. The number of halogens is 2. The Morgan fingerprint density at radius 3 is 2.86 bits per heavy atom. The van der Waals surface area contributed by atoms with Gasteiger partial charge in [-0.05, 0) is 47.0 Å². The van der Waals surface area contributed by atoms with E-state index >= 15 is 0 Å². The average molecular weight is 385 g/mol. The van der Waals surface area contributed by atoms with Gasteiger partial charge in [0.05, 0.1) is 11.0 Å². The number of aliphatic imine (C=N–C) groups is 1. The van der Waals surface area contributed by atoms with Crippen molar-refractivity contribution < 1.29 is 4.39 Å². The largest absolute Gasteiger partial charge is 0.356 e. The van der Waals surface area contributed by atoms with Crippen molar-refractivity contribution in [3.63, 3.8) is 0 Å². The van der Waals surface area contributed by atoms with Crippen LogP contribution >= 0.6 is 27.3 Å². The Morgan fingerprint density at radius 1 is 1.41 bits per heavy atom. The first-order chi connectivity index (χ1) is 10.6. The summed E-state index contributed by atoms with van der Waals surface area (Å²) < 4.78 is 13.7. The van der Waals surface area contributed by atoms with E-state index in [1.165, 1.54) is 10.9 Å². The fourth-order valence-electron chi connectivity index (χ4n) is 1.88. The average Bonchev–Trinajstić information content (AvgIpc) is 2.92. The van der Waals surface area contributed by atoms with E-state index in [2.05, 4.69) is 36.5 Å². The van der Waals surface area contributed by atoms with Crippen molar-refractivity contribution in [3.8, 4) is 0 Å². The molecule has 0 saturated carbocycles. The SMILES string of the molecule is CN=C(NCCc1ccc(F)c(Br)c1)NCc1ncc(C)s1. The number of rotatable bonds is 5. The molecule has 0 amide bonds. The van der Waals surface area contributed by atoms with Crippen molar-refractivity contribution in [1.29, 1.82) is 0 Å². The van der Waals surface area contributed by atoms with Crippen LogP contribution in [0, 0.1) is 12.7 Å². The first kappa shape index (κ1) is 16.9. The molecule has 0 saturated heterocycles. The summed E-state index contributed by atoms with van der Waals surface area (Å²) in [5.74, 6) is 0.488. The van der Waals surface area contributed by atoms with Crippen molar-refractivity contribution in [2.75, 3.05) is 13.6 Å². The Balaban J connectivity index is 1.77. The predicted molar refractivity (Wildman–Crippen MR) is 92.9 cm³/mol. The van der Waals surface area contributed by atoms with Crippen molar-refractivity contribution in [3.05, 3.63) is 50.1 Å². The molecule has 0 unspecified atom stereocenters. The number of thiazole rings is 1. The normalized spacial score (nSPS) is 11.5. The molecule has 4 nitrogen and oxygen atoms in total. The molecule has 0 fully saturated rings. The Bertz CT molecular complexity index is 657. The molecule has 1 heterocycles. The van der Waals surface area contributed by atoms with Gasteiger partial charge in [-0.15, -0.1) is 11.3 Å². The van der Waals surface area contributed by atoms with Crippen LogP contribution < -0.4 is 10.6 Å². The zero-order valence-corrected chi connectivity index (χ0v) is 14.9. The number of hydrogen-bond acceptors (Lipinski definition) is 3. The van der Waals surface area contributed by atoms with Crippen LogP contribution in [0.15, 0.2) is 33.9 Å². The molecular formula is C15H18BrFN4S. The maximum Gasteiger partial charge on any atom is 0.191 e. The lowest BCUT2D eigenvalue weighted by Gasteiger charge is -2.11. The van der Waals surface area contributed by atoms with E-state index < -0.39 is 0 Å². The van der Waals surface area contributed by atoms with E-state index in [1.54, 1.807) is 30.5 Å². The summed E-state index contributed by atoms with van der Waals surface area (Å²) in [5.41, 5.74) is 1.06. The van der Waals surface area contributed by atoms with E-state index in [0.29, 0.717) is 17.6 Å². The number of hydrogen-bond donors (Lipinski definition) is 2. The standard InChI is InChI=1S/C15H18BrFN4S/c1-10-8-20-14(22-10)9-21-15(18-2)19-6-5-11-3-4-13(17)12(16)7-11/h3-4,7-8H,5-6,9H2,1-2H3,(H2,18,19,21). The molecule has 0 atom stereocenters. The van der Waals surface area contributed by atoms with Crippen LogP contribution in [-0.4, -0.2) is 24.5 Å². The number of nitrogens with one attached hydrogen (secondary N) is 2. The highest BCUT2D eigenvalue weighted by Gasteiger charge is 2.03. The Morgan fingerprint density at radius 2 is 2.23 bits per heavy atom. The number of aryl methyl sites for hydroxylation is 1. The van der Waals surface area contributed by atoms with E-state index in [9.17, 15) is 4.39 Å². The third kappa shape index (κ3) is 5.06. The molecule has 0 spiro atoms. The highest BCUT2D eigenvalue weighted by molar-refractivity contribution is 9.10. The van der Waals surface area contributed by atoms with Gasteiger partial charge in [-0.2, -0.15) is 0 Å².